The lowest BCUT2D eigenvalue weighted by Gasteiger charge is -2.09. The average molecular weight is 181 g/mol. The lowest BCUT2D eigenvalue weighted by atomic mass is 10.3. The first-order chi connectivity index (χ1) is 6.22. The molecule has 0 saturated heterocycles. The summed E-state index contributed by atoms with van der Waals surface area (Å²) in [6.45, 7) is 4.60. The number of hydrogen-bond acceptors (Lipinski definition) is 4. The van der Waals surface area contributed by atoms with Crippen molar-refractivity contribution in [2.45, 2.75) is 26.4 Å². The third-order valence-electron chi connectivity index (χ3n) is 1.74. The Bertz CT molecular complexity index is 265. The molecule has 72 valence electrons. The molecule has 13 heavy (non-hydrogen) atoms. The molecule has 1 rings (SSSR count). The molecule has 2 N–H and O–H groups in total. The second-order valence-corrected chi connectivity index (χ2v) is 3.06. The number of hydrogen-bond donors (Lipinski definition) is 2. The van der Waals surface area contributed by atoms with Gasteiger partial charge in [-0.2, -0.15) is 0 Å². The fourth-order valence-electron chi connectivity index (χ4n) is 0.947. The van der Waals surface area contributed by atoms with Crippen molar-refractivity contribution in [2.24, 2.45) is 0 Å². The molecule has 0 unspecified atom stereocenters. The van der Waals surface area contributed by atoms with Gasteiger partial charge in [0.2, 0.25) is 0 Å². The highest BCUT2D eigenvalue weighted by atomic mass is 16.3. The van der Waals surface area contributed by atoms with Crippen molar-refractivity contribution in [2.75, 3.05) is 6.61 Å². The van der Waals surface area contributed by atoms with E-state index in [-0.39, 0.29) is 12.6 Å². The standard InChI is InChI=1S/C9H15N3O/c1-7(6-13)11-5-9-3-4-10-8(2)12-9/h3-4,7,11,13H,5-6H2,1-2H3/t7-/m1/s1. The van der Waals surface area contributed by atoms with E-state index in [4.69, 9.17) is 5.11 Å². The summed E-state index contributed by atoms with van der Waals surface area (Å²) in [6, 6.07) is 1.97. The Labute approximate surface area is 78.0 Å². The van der Waals surface area contributed by atoms with Crippen molar-refractivity contribution in [3.05, 3.63) is 23.8 Å². The minimum Gasteiger partial charge on any atom is -0.395 e. The molecule has 1 atom stereocenters. The fraction of sp³-hybridized carbons (Fsp3) is 0.556. The van der Waals surface area contributed by atoms with Crippen LogP contribution in [-0.2, 0) is 6.54 Å². The highest BCUT2D eigenvalue weighted by Crippen LogP contribution is 1.94. The van der Waals surface area contributed by atoms with Gasteiger partial charge in [0, 0.05) is 18.8 Å². The van der Waals surface area contributed by atoms with Crippen molar-refractivity contribution < 1.29 is 5.11 Å². The van der Waals surface area contributed by atoms with Gasteiger partial charge in [-0.15, -0.1) is 0 Å². The summed E-state index contributed by atoms with van der Waals surface area (Å²) in [6.07, 6.45) is 1.74. The topological polar surface area (TPSA) is 58.0 Å². The second kappa shape index (κ2) is 4.89. The predicted octanol–water partition coefficient (Wildman–Crippen LogP) is 0.255. The molecule has 0 radical (unpaired) electrons. The van der Waals surface area contributed by atoms with Gasteiger partial charge in [-0.1, -0.05) is 0 Å². The van der Waals surface area contributed by atoms with Gasteiger partial charge in [-0.05, 0) is 19.9 Å². The second-order valence-electron chi connectivity index (χ2n) is 3.06. The number of aliphatic hydroxyl groups excluding tert-OH is 1. The maximum atomic E-state index is 8.77. The van der Waals surface area contributed by atoms with E-state index in [1.165, 1.54) is 0 Å². The first-order valence-electron chi connectivity index (χ1n) is 4.35. The van der Waals surface area contributed by atoms with Crippen molar-refractivity contribution >= 4 is 0 Å². The minimum absolute atomic E-state index is 0.107. The van der Waals surface area contributed by atoms with Crippen LogP contribution in [0.2, 0.25) is 0 Å². The van der Waals surface area contributed by atoms with Crippen LogP contribution in [-0.4, -0.2) is 27.7 Å². The number of aromatic nitrogens is 2. The predicted molar refractivity (Wildman–Crippen MR) is 50.2 cm³/mol. The lowest BCUT2D eigenvalue weighted by Crippen LogP contribution is -2.29. The lowest BCUT2D eigenvalue weighted by molar-refractivity contribution is 0.250. The molecule has 0 saturated carbocycles. The SMILES string of the molecule is Cc1nccc(CN[C@H](C)CO)n1. The highest BCUT2D eigenvalue weighted by Gasteiger charge is 1.99. The van der Waals surface area contributed by atoms with E-state index in [1.54, 1.807) is 6.20 Å². The number of aliphatic hydroxyl groups is 1. The van der Waals surface area contributed by atoms with Crippen molar-refractivity contribution in [3.63, 3.8) is 0 Å². The van der Waals surface area contributed by atoms with Crippen LogP contribution in [0.1, 0.15) is 18.4 Å². The van der Waals surface area contributed by atoms with E-state index >= 15 is 0 Å². The van der Waals surface area contributed by atoms with Crippen LogP contribution in [0.25, 0.3) is 0 Å². The Kier molecular flexibility index (Phi) is 3.79. The van der Waals surface area contributed by atoms with Crippen LogP contribution >= 0.6 is 0 Å². The van der Waals surface area contributed by atoms with E-state index in [2.05, 4.69) is 15.3 Å². The van der Waals surface area contributed by atoms with Gasteiger partial charge in [-0.3, -0.25) is 0 Å². The molecular formula is C9H15N3O. The summed E-state index contributed by atoms with van der Waals surface area (Å²) < 4.78 is 0. The number of rotatable bonds is 4. The molecule has 0 aromatic carbocycles. The molecule has 0 aliphatic heterocycles. The van der Waals surface area contributed by atoms with Gasteiger partial charge in [0.15, 0.2) is 0 Å². The summed E-state index contributed by atoms with van der Waals surface area (Å²) in [4.78, 5) is 8.22. The van der Waals surface area contributed by atoms with E-state index < -0.39 is 0 Å². The van der Waals surface area contributed by atoms with Crippen LogP contribution in [0.3, 0.4) is 0 Å². The van der Waals surface area contributed by atoms with Crippen LogP contribution in [0.4, 0.5) is 0 Å². The van der Waals surface area contributed by atoms with Gasteiger partial charge in [-0.25, -0.2) is 9.97 Å². The number of nitrogens with one attached hydrogen (secondary N) is 1. The molecule has 0 spiro atoms. The molecule has 0 aliphatic carbocycles. The van der Waals surface area contributed by atoms with Crippen LogP contribution < -0.4 is 5.32 Å². The van der Waals surface area contributed by atoms with Crippen molar-refractivity contribution in [3.8, 4) is 0 Å². The highest BCUT2D eigenvalue weighted by molar-refractivity contribution is 5.01. The zero-order chi connectivity index (χ0) is 9.68. The number of nitrogens with zero attached hydrogens (tertiary/aromatic N) is 2. The minimum atomic E-state index is 0.107. The molecule has 0 amide bonds. The number of aryl methyl sites for hydroxylation is 1. The van der Waals surface area contributed by atoms with Crippen LogP contribution in [0.15, 0.2) is 12.3 Å². The largest absolute Gasteiger partial charge is 0.395 e. The van der Waals surface area contributed by atoms with E-state index in [0.29, 0.717) is 6.54 Å². The summed E-state index contributed by atoms with van der Waals surface area (Å²) in [5.41, 5.74) is 0.952. The Balaban J connectivity index is 2.45. The Morgan fingerprint density at radius 3 is 3.00 bits per heavy atom. The van der Waals surface area contributed by atoms with Gasteiger partial charge in [0.25, 0.3) is 0 Å². The smallest absolute Gasteiger partial charge is 0.125 e. The molecule has 4 heteroatoms. The molecule has 0 bridgehead atoms. The normalized spacial score (nSPS) is 12.8. The third kappa shape index (κ3) is 3.48. The van der Waals surface area contributed by atoms with Crippen LogP contribution in [0.5, 0.6) is 0 Å². The Hall–Kier alpha value is -1.00. The van der Waals surface area contributed by atoms with E-state index in [9.17, 15) is 0 Å². The molecule has 1 aromatic rings. The van der Waals surface area contributed by atoms with Crippen LogP contribution in [0, 0.1) is 6.92 Å². The summed E-state index contributed by atoms with van der Waals surface area (Å²) in [5, 5.41) is 11.9. The summed E-state index contributed by atoms with van der Waals surface area (Å²) >= 11 is 0. The maximum absolute atomic E-state index is 8.77. The van der Waals surface area contributed by atoms with Gasteiger partial charge in [0.1, 0.15) is 5.82 Å². The Morgan fingerprint density at radius 2 is 2.38 bits per heavy atom. The zero-order valence-corrected chi connectivity index (χ0v) is 7.99. The summed E-state index contributed by atoms with van der Waals surface area (Å²) in [5.74, 6) is 0.774. The quantitative estimate of drug-likeness (QED) is 0.699. The molecule has 0 aliphatic rings. The molecule has 4 nitrogen and oxygen atoms in total. The fourth-order valence-corrected chi connectivity index (χ4v) is 0.947. The zero-order valence-electron chi connectivity index (χ0n) is 7.99. The summed E-state index contributed by atoms with van der Waals surface area (Å²) in [7, 11) is 0. The monoisotopic (exact) mass is 181 g/mol. The van der Waals surface area contributed by atoms with Gasteiger partial charge in [0.05, 0.1) is 12.3 Å². The third-order valence-corrected chi connectivity index (χ3v) is 1.74. The van der Waals surface area contributed by atoms with Crippen molar-refractivity contribution in [1.29, 1.82) is 0 Å². The van der Waals surface area contributed by atoms with Crippen molar-refractivity contribution in [1.82, 2.24) is 15.3 Å². The first-order valence-corrected chi connectivity index (χ1v) is 4.35. The van der Waals surface area contributed by atoms with Gasteiger partial charge >= 0.3 is 0 Å². The first kappa shape index (κ1) is 10.1. The molecule has 1 heterocycles. The maximum Gasteiger partial charge on any atom is 0.125 e. The van der Waals surface area contributed by atoms with E-state index in [1.807, 2.05) is 19.9 Å². The van der Waals surface area contributed by atoms with Gasteiger partial charge < -0.3 is 10.4 Å². The Morgan fingerprint density at radius 1 is 1.62 bits per heavy atom. The molecule has 0 fully saturated rings. The molecular weight excluding hydrogens is 166 g/mol. The molecule has 1 aromatic heterocycles. The average Bonchev–Trinajstić information content (AvgIpc) is 2.14. The van der Waals surface area contributed by atoms with E-state index in [0.717, 1.165) is 11.5 Å².